The van der Waals surface area contributed by atoms with Gasteiger partial charge in [0.2, 0.25) is 5.91 Å². The summed E-state index contributed by atoms with van der Waals surface area (Å²) in [6.07, 6.45) is -0.0588. The Labute approximate surface area is 104 Å². The zero-order valence-corrected chi connectivity index (χ0v) is 11.0. The van der Waals surface area contributed by atoms with Gasteiger partial charge in [-0.1, -0.05) is 31.9 Å². The van der Waals surface area contributed by atoms with Crippen molar-refractivity contribution in [1.29, 1.82) is 0 Å². The SMILES string of the molecule is O=C1CO[C@@H](c2cc(Br)cc(Br)c2)CN1. The van der Waals surface area contributed by atoms with Crippen molar-refractivity contribution in [2.24, 2.45) is 0 Å². The van der Waals surface area contributed by atoms with Crippen molar-refractivity contribution in [2.75, 3.05) is 13.2 Å². The Hall–Kier alpha value is -0.390. The second-order valence-electron chi connectivity index (χ2n) is 3.31. The van der Waals surface area contributed by atoms with Crippen LogP contribution in [-0.2, 0) is 9.53 Å². The van der Waals surface area contributed by atoms with E-state index >= 15 is 0 Å². The third-order valence-electron chi connectivity index (χ3n) is 2.16. The first-order valence-corrected chi connectivity index (χ1v) is 6.08. The van der Waals surface area contributed by atoms with Gasteiger partial charge in [-0.25, -0.2) is 0 Å². The van der Waals surface area contributed by atoms with Crippen LogP contribution in [-0.4, -0.2) is 19.1 Å². The average molecular weight is 335 g/mol. The minimum Gasteiger partial charge on any atom is -0.362 e. The lowest BCUT2D eigenvalue weighted by molar-refractivity contribution is -0.133. The summed E-state index contributed by atoms with van der Waals surface area (Å²) in [6.45, 7) is 0.663. The minimum atomic E-state index is -0.0588. The molecule has 1 N–H and O–H groups in total. The molecule has 3 nitrogen and oxygen atoms in total. The molecule has 5 heteroatoms. The first kappa shape index (κ1) is 11.1. The Morgan fingerprint density at radius 1 is 1.27 bits per heavy atom. The van der Waals surface area contributed by atoms with Crippen molar-refractivity contribution < 1.29 is 9.53 Å². The van der Waals surface area contributed by atoms with E-state index in [-0.39, 0.29) is 18.6 Å². The Morgan fingerprint density at radius 3 is 2.47 bits per heavy atom. The molecule has 0 saturated carbocycles. The monoisotopic (exact) mass is 333 g/mol. The van der Waals surface area contributed by atoms with Crippen LogP contribution in [0.15, 0.2) is 27.1 Å². The van der Waals surface area contributed by atoms with E-state index in [9.17, 15) is 4.79 Å². The summed E-state index contributed by atoms with van der Waals surface area (Å²) in [5, 5.41) is 2.77. The summed E-state index contributed by atoms with van der Waals surface area (Å²) in [5.41, 5.74) is 1.05. The molecule has 1 fully saturated rings. The fourth-order valence-electron chi connectivity index (χ4n) is 1.47. The average Bonchev–Trinajstić information content (AvgIpc) is 2.17. The van der Waals surface area contributed by atoms with E-state index in [1.54, 1.807) is 0 Å². The van der Waals surface area contributed by atoms with Gasteiger partial charge < -0.3 is 10.1 Å². The lowest BCUT2D eigenvalue weighted by Gasteiger charge is -2.23. The van der Waals surface area contributed by atoms with Gasteiger partial charge in [0.1, 0.15) is 12.7 Å². The summed E-state index contributed by atoms with van der Waals surface area (Å²) in [5.74, 6) is -0.0553. The highest BCUT2D eigenvalue weighted by Gasteiger charge is 2.20. The highest BCUT2D eigenvalue weighted by atomic mass is 79.9. The molecule has 1 atom stereocenters. The molecule has 2 rings (SSSR count). The minimum absolute atomic E-state index is 0.0553. The van der Waals surface area contributed by atoms with E-state index in [0.717, 1.165) is 14.5 Å². The second kappa shape index (κ2) is 4.63. The predicted molar refractivity (Wildman–Crippen MR) is 63.5 cm³/mol. The lowest BCUT2D eigenvalue weighted by Crippen LogP contribution is -2.38. The summed E-state index contributed by atoms with van der Waals surface area (Å²) < 4.78 is 7.42. The summed E-state index contributed by atoms with van der Waals surface area (Å²) in [7, 11) is 0. The Bertz CT molecular complexity index is 365. The first-order chi connectivity index (χ1) is 7.15. The smallest absolute Gasteiger partial charge is 0.246 e. The number of carbonyl (C=O) groups excluding carboxylic acids is 1. The van der Waals surface area contributed by atoms with Crippen LogP contribution in [0.1, 0.15) is 11.7 Å². The maximum Gasteiger partial charge on any atom is 0.246 e. The van der Waals surface area contributed by atoms with Crippen LogP contribution >= 0.6 is 31.9 Å². The quantitative estimate of drug-likeness (QED) is 0.856. The zero-order valence-electron chi connectivity index (χ0n) is 7.80. The molecule has 1 aliphatic heterocycles. The number of amides is 1. The maximum atomic E-state index is 10.9. The number of benzene rings is 1. The Morgan fingerprint density at radius 2 is 1.93 bits per heavy atom. The molecule has 80 valence electrons. The van der Waals surface area contributed by atoms with E-state index in [1.165, 1.54) is 0 Å². The summed E-state index contributed by atoms with van der Waals surface area (Å²) in [6, 6.07) is 5.95. The molecule has 0 aromatic heterocycles. The Kier molecular flexibility index (Phi) is 3.43. The standard InChI is InChI=1S/C10H9Br2NO2/c11-7-1-6(2-8(12)3-7)9-4-13-10(14)5-15-9/h1-3,9H,4-5H2,(H,13,14)/t9-/m1/s1. The molecule has 1 amide bonds. The first-order valence-electron chi connectivity index (χ1n) is 4.49. The Balaban J connectivity index is 2.18. The number of ether oxygens (including phenoxy) is 1. The topological polar surface area (TPSA) is 38.3 Å². The van der Waals surface area contributed by atoms with Gasteiger partial charge in [0.25, 0.3) is 0 Å². The van der Waals surface area contributed by atoms with Gasteiger partial charge in [-0.15, -0.1) is 0 Å². The van der Waals surface area contributed by atoms with E-state index in [0.29, 0.717) is 6.54 Å². The van der Waals surface area contributed by atoms with Crippen LogP contribution in [0.25, 0.3) is 0 Å². The molecule has 1 aromatic carbocycles. The molecule has 0 radical (unpaired) electrons. The van der Waals surface area contributed by atoms with Gasteiger partial charge >= 0.3 is 0 Å². The van der Waals surface area contributed by atoms with Crippen molar-refractivity contribution in [1.82, 2.24) is 5.32 Å². The van der Waals surface area contributed by atoms with Crippen LogP contribution in [0, 0.1) is 0 Å². The molecular formula is C10H9Br2NO2. The van der Waals surface area contributed by atoms with Crippen molar-refractivity contribution >= 4 is 37.8 Å². The molecule has 1 aliphatic rings. The number of hydrogen-bond donors (Lipinski definition) is 1. The molecule has 15 heavy (non-hydrogen) atoms. The zero-order chi connectivity index (χ0) is 10.8. The van der Waals surface area contributed by atoms with Crippen LogP contribution in [0.3, 0.4) is 0 Å². The normalized spacial score (nSPS) is 21.2. The second-order valence-corrected chi connectivity index (χ2v) is 5.14. The number of nitrogens with one attached hydrogen (secondary N) is 1. The van der Waals surface area contributed by atoms with Gasteiger partial charge in [-0.3, -0.25) is 4.79 Å². The maximum absolute atomic E-state index is 10.9. The predicted octanol–water partition coefficient (Wildman–Crippen LogP) is 2.40. The van der Waals surface area contributed by atoms with Gasteiger partial charge in [-0.05, 0) is 23.8 Å². The fourth-order valence-corrected chi connectivity index (χ4v) is 2.80. The largest absolute Gasteiger partial charge is 0.362 e. The molecule has 0 bridgehead atoms. The molecule has 1 aromatic rings. The third-order valence-corrected chi connectivity index (χ3v) is 3.07. The molecule has 0 aliphatic carbocycles. The van der Waals surface area contributed by atoms with Gasteiger partial charge in [0.05, 0.1) is 0 Å². The molecule has 0 unspecified atom stereocenters. The van der Waals surface area contributed by atoms with Crippen molar-refractivity contribution in [3.8, 4) is 0 Å². The van der Waals surface area contributed by atoms with Crippen molar-refractivity contribution in [2.45, 2.75) is 6.10 Å². The van der Waals surface area contributed by atoms with Crippen LogP contribution < -0.4 is 5.32 Å². The third kappa shape index (κ3) is 2.80. The number of hydrogen-bond acceptors (Lipinski definition) is 2. The number of carbonyl (C=O) groups is 1. The van der Waals surface area contributed by atoms with Crippen LogP contribution in [0.5, 0.6) is 0 Å². The highest BCUT2D eigenvalue weighted by molar-refractivity contribution is 9.11. The van der Waals surface area contributed by atoms with Crippen LogP contribution in [0.4, 0.5) is 0 Å². The van der Waals surface area contributed by atoms with Gasteiger partial charge in [0, 0.05) is 15.5 Å². The lowest BCUT2D eigenvalue weighted by atomic mass is 10.1. The number of morpholine rings is 1. The molecule has 1 heterocycles. The number of rotatable bonds is 1. The number of halogens is 2. The van der Waals surface area contributed by atoms with Gasteiger partial charge in [-0.2, -0.15) is 0 Å². The summed E-state index contributed by atoms with van der Waals surface area (Å²) in [4.78, 5) is 10.9. The summed E-state index contributed by atoms with van der Waals surface area (Å²) >= 11 is 6.84. The fraction of sp³-hybridized carbons (Fsp3) is 0.300. The van der Waals surface area contributed by atoms with Gasteiger partial charge in [0.15, 0.2) is 0 Å². The van der Waals surface area contributed by atoms with E-state index < -0.39 is 0 Å². The van der Waals surface area contributed by atoms with E-state index in [4.69, 9.17) is 4.74 Å². The van der Waals surface area contributed by atoms with Crippen molar-refractivity contribution in [3.63, 3.8) is 0 Å². The molecule has 1 saturated heterocycles. The highest BCUT2D eigenvalue weighted by Crippen LogP contribution is 2.26. The van der Waals surface area contributed by atoms with E-state index in [1.807, 2.05) is 18.2 Å². The van der Waals surface area contributed by atoms with Crippen LogP contribution in [0.2, 0.25) is 0 Å². The van der Waals surface area contributed by atoms with E-state index in [2.05, 4.69) is 37.2 Å². The van der Waals surface area contributed by atoms with Crippen molar-refractivity contribution in [3.05, 3.63) is 32.7 Å². The molecular weight excluding hydrogens is 326 g/mol. The molecule has 0 spiro atoms.